The van der Waals surface area contributed by atoms with E-state index in [4.69, 9.17) is 10.5 Å². The topological polar surface area (TPSA) is 84.0 Å². The molecule has 4 heterocycles. The Balaban J connectivity index is 1.51. The van der Waals surface area contributed by atoms with E-state index in [0.717, 1.165) is 30.3 Å². The Morgan fingerprint density at radius 3 is 2.58 bits per heavy atom. The van der Waals surface area contributed by atoms with Crippen molar-refractivity contribution >= 4 is 33.3 Å². The molecule has 8 nitrogen and oxygen atoms in total. The summed E-state index contributed by atoms with van der Waals surface area (Å²) in [7, 11) is 2.01. The molecule has 194 valence electrons. The number of ether oxygens (including phenoxy) is 1. The molecule has 7 rings (SSSR count). The Morgan fingerprint density at radius 2 is 1.82 bits per heavy atom. The van der Waals surface area contributed by atoms with E-state index in [1.807, 2.05) is 52.9 Å². The number of amides is 1. The monoisotopic (exact) mass is 513 g/mol. The highest BCUT2D eigenvalue weighted by Gasteiger charge is 2.34. The average Bonchev–Trinajstić information content (AvgIpc) is 3.35. The number of hydrogen-bond acceptors (Lipinski definition) is 6. The SMILES string of the molecule is CN1CCN(C(=O)c2cn3c4c(c(N5CC[C@@H](N)C5)c(F)cc4c2=O)Oc2c-3ccc3ccccc23)CC1. The van der Waals surface area contributed by atoms with Gasteiger partial charge in [-0.2, -0.15) is 0 Å². The number of nitrogens with two attached hydrogens (primary N) is 1. The van der Waals surface area contributed by atoms with Crippen molar-refractivity contribution in [2.75, 3.05) is 51.2 Å². The van der Waals surface area contributed by atoms with Crippen LogP contribution in [-0.4, -0.2) is 72.6 Å². The van der Waals surface area contributed by atoms with Gasteiger partial charge in [-0.25, -0.2) is 4.39 Å². The molecule has 2 fully saturated rings. The van der Waals surface area contributed by atoms with Crippen LogP contribution >= 0.6 is 0 Å². The first-order valence-electron chi connectivity index (χ1n) is 13.0. The van der Waals surface area contributed by atoms with Crippen LogP contribution in [0.2, 0.25) is 0 Å². The number of halogens is 1. The number of likely N-dealkylation sites (N-methyl/N-ethyl adjacent to an activating group) is 1. The molecule has 0 aliphatic carbocycles. The first kappa shape index (κ1) is 23.2. The van der Waals surface area contributed by atoms with Gasteiger partial charge in [-0.3, -0.25) is 9.59 Å². The molecule has 0 radical (unpaired) electrons. The number of piperazine rings is 1. The van der Waals surface area contributed by atoms with Crippen molar-refractivity contribution < 1.29 is 13.9 Å². The minimum atomic E-state index is -0.557. The van der Waals surface area contributed by atoms with E-state index in [1.54, 1.807) is 11.1 Å². The van der Waals surface area contributed by atoms with Crippen molar-refractivity contribution in [1.29, 1.82) is 0 Å². The summed E-state index contributed by atoms with van der Waals surface area (Å²) in [6, 6.07) is 12.9. The molecular weight excluding hydrogens is 485 g/mol. The summed E-state index contributed by atoms with van der Waals surface area (Å²) < 4.78 is 24.2. The van der Waals surface area contributed by atoms with Gasteiger partial charge in [-0.05, 0) is 31.0 Å². The van der Waals surface area contributed by atoms with Gasteiger partial charge >= 0.3 is 0 Å². The van der Waals surface area contributed by atoms with Gasteiger partial charge in [-0.1, -0.05) is 30.3 Å². The Hall–Kier alpha value is -3.95. The van der Waals surface area contributed by atoms with Gasteiger partial charge in [0, 0.05) is 56.9 Å². The van der Waals surface area contributed by atoms with Gasteiger partial charge in [-0.15, -0.1) is 0 Å². The molecule has 0 unspecified atom stereocenters. The zero-order chi connectivity index (χ0) is 26.1. The number of pyridine rings is 1. The molecule has 3 aliphatic heterocycles. The minimum absolute atomic E-state index is 0.0318. The van der Waals surface area contributed by atoms with Gasteiger partial charge in [0.15, 0.2) is 17.3 Å². The van der Waals surface area contributed by atoms with E-state index < -0.39 is 11.2 Å². The quantitative estimate of drug-likeness (QED) is 0.390. The smallest absolute Gasteiger partial charge is 0.259 e. The highest BCUT2D eigenvalue weighted by atomic mass is 19.1. The van der Waals surface area contributed by atoms with Crippen molar-refractivity contribution in [3.8, 4) is 17.2 Å². The van der Waals surface area contributed by atoms with Gasteiger partial charge in [0.25, 0.3) is 5.91 Å². The molecule has 1 amide bonds. The lowest BCUT2D eigenvalue weighted by Gasteiger charge is -2.33. The van der Waals surface area contributed by atoms with Crippen LogP contribution in [0.4, 0.5) is 10.1 Å². The van der Waals surface area contributed by atoms with E-state index in [2.05, 4.69) is 4.90 Å². The molecular formula is C29H28FN5O3. The number of anilines is 1. The van der Waals surface area contributed by atoms with Crippen molar-refractivity contribution in [2.45, 2.75) is 12.5 Å². The molecule has 4 aromatic rings. The fourth-order valence-corrected chi connectivity index (χ4v) is 5.95. The van der Waals surface area contributed by atoms with E-state index >= 15 is 4.39 Å². The second kappa shape index (κ2) is 8.54. The third kappa shape index (κ3) is 3.42. The van der Waals surface area contributed by atoms with Crippen LogP contribution < -0.4 is 20.8 Å². The summed E-state index contributed by atoms with van der Waals surface area (Å²) in [5, 5.41) is 1.97. The zero-order valence-electron chi connectivity index (χ0n) is 21.1. The van der Waals surface area contributed by atoms with Crippen LogP contribution in [0.3, 0.4) is 0 Å². The number of hydrogen-bond donors (Lipinski definition) is 1. The third-order valence-electron chi connectivity index (χ3n) is 8.06. The minimum Gasteiger partial charge on any atom is -0.450 e. The summed E-state index contributed by atoms with van der Waals surface area (Å²) in [6.07, 6.45) is 2.35. The third-order valence-corrected chi connectivity index (χ3v) is 8.06. The maximum absolute atomic E-state index is 15.9. The molecule has 2 saturated heterocycles. The average molecular weight is 514 g/mol. The van der Waals surface area contributed by atoms with Crippen molar-refractivity contribution in [3.05, 3.63) is 70.3 Å². The molecule has 1 aromatic heterocycles. The number of benzene rings is 3. The van der Waals surface area contributed by atoms with E-state index in [9.17, 15) is 9.59 Å². The molecule has 0 saturated carbocycles. The largest absolute Gasteiger partial charge is 0.450 e. The molecule has 0 bridgehead atoms. The van der Waals surface area contributed by atoms with Crippen molar-refractivity contribution in [3.63, 3.8) is 0 Å². The molecule has 9 heteroatoms. The molecule has 3 aromatic carbocycles. The molecule has 1 atom stereocenters. The summed E-state index contributed by atoms with van der Waals surface area (Å²) >= 11 is 0. The number of rotatable bonds is 2. The maximum Gasteiger partial charge on any atom is 0.259 e. The van der Waals surface area contributed by atoms with Gasteiger partial charge in [0.2, 0.25) is 5.43 Å². The fourth-order valence-electron chi connectivity index (χ4n) is 5.95. The summed E-state index contributed by atoms with van der Waals surface area (Å²) in [4.78, 5) is 33.1. The fraction of sp³-hybridized carbons (Fsp3) is 0.310. The van der Waals surface area contributed by atoms with Crippen LogP contribution in [0, 0.1) is 5.82 Å². The first-order chi connectivity index (χ1) is 18.4. The summed E-state index contributed by atoms with van der Waals surface area (Å²) in [6.45, 7) is 3.61. The standard InChI is InChI=1S/C29H28FN5O3/c1-32-10-12-33(13-11-32)29(37)21-16-35-23-7-6-17-4-2-3-5-19(17)27(23)38-28-24(35)20(26(21)36)14-22(30)25(28)34-9-8-18(31)15-34/h2-7,14,16,18H,8-13,15,31H2,1H3/t18-/m1/s1. The van der Waals surface area contributed by atoms with Crippen LogP contribution in [-0.2, 0) is 0 Å². The van der Waals surface area contributed by atoms with Crippen molar-refractivity contribution in [2.24, 2.45) is 5.73 Å². The Bertz CT molecular complexity index is 1690. The van der Waals surface area contributed by atoms with Crippen LogP contribution in [0.15, 0.2) is 53.5 Å². The lowest BCUT2D eigenvalue weighted by molar-refractivity contribution is 0.0662. The van der Waals surface area contributed by atoms with Crippen molar-refractivity contribution in [1.82, 2.24) is 14.4 Å². The highest BCUT2D eigenvalue weighted by molar-refractivity contribution is 6.03. The predicted octanol–water partition coefficient (Wildman–Crippen LogP) is 3.31. The van der Waals surface area contributed by atoms with E-state index in [0.29, 0.717) is 48.8 Å². The lowest BCUT2D eigenvalue weighted by atomic mass is 10.0. The van der Waals surface area contributed by atoms with Crippen LogP contribution in [0.1, 0.15) is 16.8 Å². The first-order valence-corrected chi connectivity index (χ1v) is 13.0. The number of fused-ring (bicyclic) bond motifs is 4. The van der Waals surface area contributed by atoms with E-state index in [-0.39, 0.29) is 28.6 Å². The number of nitrogens with zero attached hydrogens (tertiary/aromatic N) is 4. The van der Waals surface area contributed by atoms with E-state index in [1.165, 1.54) is 6.07 Å². The number of carbonyl (C=O) groups is 1. The lowest BCUT2D eigenvalue weighted by Crippen LogP contribution is -2.48. The predicted molar refractivity (Wildman–Crippen MR) is 145 cm³/mol. The van der Waals surface area contributed by atoms with Crippen LogP contribution in [0.5, 0.6) is 11.5 Å². The molecule has 3 aliphatic rings. The second-order valence-corrected chi connectivity index (χ2v) is 10.5. The second-order valence-electron chi connectivity index (χ2n) is 10.5. The van der Waals surface area contributed by atoms with Gasteiger partial charge < -0.3 is 29.7 Å². The normalized spacial score (nSPS) is 19.2. The molecule has 0 spiro atoms. The number of carbonyl (C=O) groups excluding carboxylic acids is 1. The maximum atomic E-state index is 15.9. The summed E-state index contributed by atoms with van der Waals surface area (Å²) in [5.41, 5.74) is 7.17. The van der Waals surface area contributed by atoms with Crippen LogP contribution in [0.25, 0.3) is 27.4 Å². The van der Waals surface area contributed by atoms with Gasteiger partial charge in [0.1, 0.15) is 16.8 Å². The number of aromatic nitrogens is 1. The Labute approximate surface area is 218 Å². The molecule has 38 heavy (non-hydrogen) atoms. The Kier molecular flexibility index (Phi) is 5.21. The highest BCUT2D eigenvalue weighted by Crippen LogP contribution is 2.49. The Morgan fingerprint density at radius 1 is 1.03 bits per heavy atom. The zero-order valence-corrected chi connectivity index (χ0v) is 21.1. The molecule has 2 N–H and O–H groups in total. The summed E-state index contributed by atoms with van der Waals surface area (Å²) in [5.74, 6) is -0.0418. The van der Waals surface area contributed by atoms with Gasteiger partial charge in [0.05, 0.1) is 11.1 Å².